The van der Waals surface area contributed by atoms with Crippen molar-refractivity contribution in [1.29, 1.82) is 0 Å². The molecule has 1 radical (unpaired) electrons. The minimum Gasteiger partial charge on any atom is -0.366 e. The molecule has 0 saturated carbocycles. The van der Waals surface area contributed by atoms with E-state index in [0.29, 0.717) is 38.4 Å². The third-order valence-corrected chi connectivity index (χ3v) is 5.24. The van der Waals surface area contributed by atoms with E-state index in [-0.39, 0.29) is 0 Å². The first-order valence-corrected chi connectivity index (χ1v) is 8.58. The van der Waals surface area contributed by atoms with Crippen molar-refractivity contribution in [3.05, 3.63) is 81.6 Å². The number of primary amides is 1. The molecule has 4 rings (SSSR count). The number of amides is 1. The number of halogens is 3. The highest BCUT2D eigenvalue weighted by Gasteiger charge is 2.18. The van der Waals surface area contributed by atoms with E-state index in [0.717, 1.165) is 11.1 Å². The van der Waals surface area contributed by atoms with Crippen LogP contribution < -0.4 is 5.73 Å². The molecule has 0 spiro atoms. The minimum atomic E-state index is -0.548. The van der Waals surface area contributed by atoms with Crippen LogP contribution in [-0.2, 0) is 6.54 Å². The summed E-state index contributed by atoms with van der Waals surface area (Å²) in [4.78, 5) is 11.9. The van der Waals surface area contributed by atoms with Gasteiger partial charge in [-0.3, -0.25) is 4.79 Å². The zero-order valence-corrected chi connectivity index (χ0v) is 14.9. The summed E-state index contributed by atoms with van der Waals surface area (Å²) in [6, 6.07) is 16.2. The third-order valence-electron chi connectivity index (χ3n) is 4.38. The van der Waals surface area contributed by atoms with Crippen LogP contribution in [0.2, 0.25) is 10.0 Å². The van der Waals surface area contributed by atoms with Gasteiger partial charge in [0.1, 0.15) is 5.82 Å². The summed E-state index contributed by atoms with van der Waals surface area (Å²) in [6.45, 7) is 0.360. The van der Waals surface area contributed by atoms with Gasteiger partial charge in [0.05, 0.1) is 21.1 Å². The van der Waals surface area contributed by atoms with Gasteiger partial charge in [-0.25, -0.2) is 4.39 Å². The van der Waals surface area contributed by atoms with Crippen LogP contribution in [0, 0.1) is 11.9 Å². The Kier molecular flexibility index (Phi) is 4.10. The summed E-state index contributed by atoms with van der Waals surface area (Å²) >= 11 is 12.4. The third kappa shape index (κ3) is 2.62. The largest absolute Gasteiger partial charge is 0.366 e. The van der Waals surface area contributed by atoms with Crippen molar-refractivity contribution in [2.75, 3.05) is 0 Å². The second-order valence-corrected chi connectivity index (χ2v) is 6.73. The Morgan fingerprint density at radius 2 is 1.92 bits per heavy atom. The molecule has 3 aromatic carbocycles. The lowest BCUT2D eigenvalue weighted by atomic mass is 10.1. The van der Waals surface area contributed by atoms with Gasteiger partial charge in [0.25, 0.3) is 0 Å². The van der Waals surface area contributed by atoms with Gasteiger partial charge < -0.3 is 10.3 Å². The second kappa shape index (κ2) is 6.31. The Bertz CT molecular complexity index is 1180. The minimum absolute atomic E-state index is 0.360. The number of nitrogens with two attached hydrogens (primary N) is 1. The smallest absolute Gasteiger partial charge is 0.249 e. The first-order valence-electron chi connectivity index (χ1n) is 7.82. The molecule has 6 heteroatoms. The number of aromatic nitrogens is 1. The molecule has 0 saturated heterocycles. The molecular weight excluding hydrogens is 374 g/mol. The van der Waals surface area contributed by atoms with Crippen molar-refractivity contribution in [1.82, 2.24) is 4.57 Å². The van der Waals surface area contributed by atoms with Crippen molar-refractivity contribution in [2.45, 2.75) is 6.54 Å². The summed E-state index contributed by atoms with van der Waals surface area (Å²) in [5.74, 6) is -0.965. The SMILES string of the molecule is NC(=O)c1cccc2c1c1[c]cc(F)cc1n2Cc1cccc(Cl)c1Cl. The van der Waals surface area contributed by atoms with Crippen molar-refractivity contribution in [2.24, 2.45) is 5.73 Å². The Labute approximate surface area is 158 Å². The highest BCUT2D eigenvalue weighted by atomic mass is 35.5. The van der Waals surface area contributed by atoms with E-state index in [9.17, 15) is 9.18 Å². The number of fused-ring (bicyclic) bond motifs is 3. The first kappa shape index (κ1) is 16.9. The molecular formula is C20H12Cl2FN2O. The molecule has 0 aliphatic heterocycles. The maximum Gasteiger partial charge on any atom is 0.249 e. The van der Waals surface area contributed by atoms with Gasteiger partial charge in [-0.05, 0) is 42.0 Å². The van der Waals surface area contributed by atoms with Gasteiger partial charge in [0.2, 0.25) is 5.91 Å². The van der Waals surface area contributed by atoms with E-state index in [1.54, 1.807) is 24.3 Å². The summed E-state index contributed by atoms with van der Waals surface area (Å²) in [5, 5.41) is 2.17. The average Bonchev–Trinajstić information content (AvgIpc) is 2.92. The zero-order chi connectivity index (χ0) is 18.4. The molecule has 1 heterocycles. The molecule has 1 amide bonds. The number of carbonyl (C=O) groups is 1. The van der Waals surface area contributed by atoms with Crippen LogP contribution in [0.5, 0.6) is 0 Å². The van der Waals surface area contributed by atoms with E-state index >= 15 is 0 Å². The first-order chi connectivity index (χ1) is 12.5. The normalized spacial score (nSPS) is 11.3. The fourth-order valence-corrected chi connectivity index (χ4v) is 3.63. The number of nitrogens with zero attached hydrogens (tertiary/aromatic N) is 1. The van der Waals surface area contributed by atoms with E-state index in [2.05, 4.69) is 6.07 Å². The quantitative estimate of drug-likeness (QED) is 0.518. The molecule has 1 aromatic heterocycles. The second-order valence-electron chi connectivity index (χ2n) is 5.94. The Balaban J connectivity index is 2.07. The van der Waals surface area contributed by atoms with E-state index in [4.69, 9.17) is 28.9 Å². The summed E-state index contributed by atoms with van der Waals surface area (Å²) in [6.07, 6.45) is 0. The number of carbonyl (C=O) groups excluding carboxylic acids is 1. The topological polar surface area (TPSA) is 48.0 Å². The fraction of sp³-hybridized carbons (Fsp3) is 0.0500. The van der Waals surface area contributed by atoms with Crippen LogP contribution in [0.1, 0.15) is 15.9 Å². The molecule has 0 unspecified atom stereocenters. The number of hydrogen-bond donors (Lipinski definition) is 1. The van der Waals surface area contributed by atoms with E-state index < -0.39 is 11.7 Å². The zero-order valence-electron chi connectivity index (χ0n) is 13.4. The highest BCUT2D eigenvalue weighted by Crippen LogP contribution is 2.34. The van der Waals surface area contributed by atoms with Gasteiger partial charge in [-0.2, -0.15) is 0 Å². The van der Waals surface area contributed by atoms with Gasteiger partial charge >= 0.3 is 0 Å². The van der Waals surface area contributed by atoms with Gasteiger partial charge in [-0.15, -0.1) is 0 Å². The molecule has 0 aliphatic rings. The highest BCUT2D eigenvalue weighted by molar-refractivity contribution is 6.42. The van der Waals surface area contributed by atoms with Crippen LogP contribution in [0.15, 0.2) is 48.5 Å². The average molecular weight is 386 g/mol. The Morgan fingerprint density at radius 1 is 1.15 bits per heavy atom. The van der Waals surface area contributed by atoms with Crippen LogP contribution in [0.3, 0.4) is 0 Å². The monoisotopic (exact) mass is 385 g/mol. The van der Waals surface area contributed by atoms with Crippen LogP contribution in [0.25, 0.3) is 21.8 Å². The van der Waals surface area contributed by atoms with Crippen molar-refractivity contribution < 1.29 is 9.18 Å². The van der Waals surface area contributed by atoms with Gasteiger partial charge in [-0.1, -0.05) is 41.4 Å². The Morgan fingerprint density at radius 3 is 2.69 bits per heavy atom. The molecule has 2 N–H and O–H groups in total. The summed E-state index contributed by atoms with van der Waals surface area (Å²) in [7, 11) is 0. The van der Waals surface area contributed by atoms with Crippen molar-refractivity contribution in [3.63, 3.8) is 0 Å². The number of benzene rings is 3. The number of hydrogen-bond acceptors (Lipinski definition) is 1. The molecule has 0 atom stereocenters. The van der Waals surface area contributed by atoms with Gasteiger partial charge in [0, 0.05) is 22.9 Å². The molecule has 129 valence electrons. The van der Waals surface area contributed by atoms with Crippen molar-refractivity contribution in [3.8, 4) is 0 Å². The standard InChI is InChI=1S/C20H12Cl2FN2O/c21-15-5-1-3-11(19(15)22)10-25-16-6-2-4-14(20(24)26)18(16)13-8-7-12(23)9-17(13)25/h1-7,9H,10H2,(H2,24,26). The lowest BCUT2D eigenvalue weighted by molar-refractivity contribution is 0.100. The summed E-state index contributed by atoms with van der Waals surface area (Å²) in [5.41, 5.74) is 8.03. The maximum atomic E-state index is 13.9. The molecule has 4 aromatic rings. The molecule has 0 bridgehead atoms. The van der Waals surface area contributed by atoms with Crippen molar-refractivity contribution >= 4 is 50.9 Å². The fourth-order valence-electron chi connectivity index (χ4n) is 3.25. The van der Waals surface area contributed by atoms with Crippen LogP contribution >= 0.6 is 23.2 Å². The van der Waals surface area contributed by atoms with E-state index in [1.807, 2.05) is 16.7 Å². The van der Waals surface area contributed by atoms with Crippen LogP contribution in [0.4, 0.5) is 4.39 Å². The Hall–Kier alpha value is -2.56. The summed E-state index contributed by atoms with van der Waals surface area (Å²) < 4.78 is 15.8. The van der Waals surface area contributed by atoms with Crippen LogP contribution in [-0.4, -0.2) is 10.5 Å². The lowest BCUT2D eigenvalue weighted by Crippen LogP contribution is -2.11. The maximum absolute atomic E-state index is 13.9. The molecule has 0 aliphatic carbocycles. The molecule has 3 nitrogen and oxygen atoms in total. The molecule has 26 heavy (non-hydrogen) atoms. The molecule has 0 fully saturated rings. The number of rotatable bonds is 3. The predicted molar refractivity (Wildman–Crippen MR) is 102 cm³/mol. The van der Waals surface area contributed by atoms with E-state index in [1.165, 1.54) is 12.1 Å². The lowest BCUT2D eigenvalue weighted by Gasteiger charge is -2.10. The van der Waals surface area contributed by atoms with Gasteiger partial charge in [0.15, 0.2) is 0 Å². The predicted octanol–water partition coefficient (Wildman–Crippen LogP) is 5.19.